The van der Waals surface area contributed by atoms with Crippen molar-refractivity contribution in [1.82, 2.24) is 15.2 Å². The summed E-state index contributed by atoms with van der Waals surface area (Å²) in [5.41, 5.74) is 0.483. The zero-order chi connectivity index (χ0) is 19.2. The Morgan fingerprint density at radius 3 is 2.81 bits per heavy atom. The van der Waals surface area contributed by atoms with Crippen LogP contribution in [0.15, 0.2) is 18.3 Å². The van der Waals surface area contributed by atoms with Crippen LogP contribution in [0.3, 0.4) is 0 Å². The summed E-state index contributed by atoms with van der Waals surface area (Å²) in [7, 11) is -1.50. The highest BCUT2D eigenvalue weighted by molar-refractivity contribution is 7.91. The van der Waals surface area contributed by atoms with Gasteiger partial charge in [0.2, 0.25) is 0 Å². The Morgan fingerprint density at radius 2 is 2.19 bits per heavy atom. The summed E-state index contributed by atoms with van der Waals surface area (Å²) in [6.07, 6.45) is 2.54. The Labute approximate surface area is 153 Å². The molecule has 2 heterocycles. The Balaban J connectivity index is 2.07. The Hall–Kier alpha value is -2.00. The second kappa shape index (κ2) is 9.09. The van der Waals surface area contributed by atoms with Gasteiger partial charge in [0, 0.05) is 44.6 Å². The lowest BCUT2D eigenvalue weighted by Crippen LogP contribution is -2.41. The maximum Gasteiger partial charge on any atom is 0.272 e. The minimum Gasteiger partial charge on any atom is -0.385 e. The summed E-state index contributed by atoms with van der Waals surface area (Å²) in [6, 6.07) is 2.64. The van der Waals surface area contributed by atoms with Crippen LogP contribution in [-0.2, 0) is 14.6 Å². The van der Waals surface area contributed by atoms with Crippen molar-refractivity contribution in [2.24, 2.45) is 0 Å². The summed E-state index contributed by atoms with van der Waals surface area (Å²) in [4.78, 5) is 30.5. The normalized spacial score (nSPS) is 18.5. The molecule has 0 radical (unpaired) electrons. The first-order valence-corrected chi connectivity index (χ1v) is 10.4. The van der Waals surface area contributed by atoms with E-state index in [4.69, 9.17) is 4.74 Å². The highest BCUT2D eigenvalue weighted by Crippen LogP contribution is 2.19. The lowest BCUT2D eigenvalue weighted by molar-refractivity contribution is 0.0702. The average Bonchev–Trinajstić information content (AvgIpc) is 2.98. The van der Waals surface area contributed by atoms with Crippen LogP contribution in [0.25, 0.3) is 0 Å². The quantitative estimate of drug-likeness (QED) is 0.655. The number of amides is 2. The summed E-state index contributed by atoms with van der Waals surface area (Å²) < 4.78 is 28.3. The fourth-order valence-electron chi connectivity index (χ4n) is 2.95. The minimum absolute atomic E-state index is 0.0216. The van der Waals surface area contributed by atoms with E-state index in [0.29, 0.717) is 38.1 Å². The van der Waals surface area contributed by atoms with E-state index < -0.39 is 9.84 Å². The average molecular weight is 383 g/mol. The number of sulfone groups is 1. The molecule has 144 valence electrons. The number of nitrogens with one attached hydrogen (secondary N) is 1. The molecule has 1 saturated heterocycles. The molecule has 26 heavy (non-hydrogen) atoms. The van der Waals surface area contributed by atoms with Crippen LogP contribution in [0.5, 0.6) is 0 Å². The highest BCUT2D eigenvalue weighted by atomic mass is 32.2. The first-order chi connectivity index (χ1) is 12.4. The van der Waals surface area contributed by atoms with Gasteiger partial charge in [-0.15, -0.1) is 0 Å². The van der Waals surface area contributed by atoms with E-state index in [9.17, 15) is 18.0 Å². The molecule has 1 N–H and O–H groups in total. The Bertz CT molecular complexity index is 751. The molecule has 0 aromatic carbocycles. The lowest BCUT2D eigenvalue weighted by atomic mass is 10.1. The SMILES string of the molecule is CCN(C(=O)c1cc(C(=O)NCCCOC)ccn1)C1CCS(=O)(=O)C1. The number of pyridine rings is 1. The van der Waals surface area contributed by atoms with Gasteiger partial charge in [-0.1, -0.05) is 0 Å². The van der Waals surface area contributed by atoms with E-state index in [2.05, 4.69) is 10.3 Å². The van der Waals surface area contributed by atoms with Crippen LogP contribution in [0.4, 0.5) is 0 Å². The maximum atomic E-state index is 12.8. The van der Waals surface area contributed by atoms with E-state index in [-0.39, 0.29) is 35.1 Å². The molecule has 2 rings (SSSR count). The van der Waals surface area contributed by atoms with Crippen LogP contribution in [0.2, 0.25) is 0 Å². The van der Waals surface area contributed by atoms with Crippen molar-refractivity contribution < 1.29 is 22.7 Å². The molecule has 1 aromatic rings. The molecule has 1 aliphatic heterocycles. The number of ether oxygens (including phenoxy) is 1. The van der Waals surface area contributed by atoms with Crippen LogP contribution in [0.1, 0.15) is 40.6 Å². The second-order valence-electron chi connectivity index (χ2n) is 6.18. The van der Waals surface area contributed by atoms with Gasteiger partial charge in [0.1, 0.15) is 5.69 Å². The molecule has 9 heteroatoms. The van der Waals surface area contributed by atoms with E-state index in [1.54, 1.807) is 20.1 Å². The van der Waals surface area contributed by atoms with Gasteiger partial charge in [0.15, 0.2) is 9.84 Å². The van der Waals surface area contributed by atoms with Gasteiger partial charge in [-0.05, 0) is 31.9 Å². The number of hydrogen-bond donors (Lipinski definition) is 1. The van der Waals surface area contributed by atoms with Crippen molar-refractivity contribution in [3.63, 3.8) is 0 Å². The van der Waals surface area contributed by atoms with Crippen LogP contribution >= 0.6 is 0 Å². The van der Waals surface area contributed by atoms with Crippen molar-refractivity contribution in [3.05, 3.63) is 29.6 Å². The van der Waals surface area contributed by atoms with Crippen LogP contribution in [0, 0.1) is 0 Å². The van der Waals surface area contributed by atoms with Gasteiger partial charge in [-0.2, -0.15) is 0 Å². The fourth-order valence-corrected chi connectivity index (χ4v) is 4.68. The Kier molecular flexibility index (Phi) is 7.10. The van der Waals surface area contributed by atoms with Gasteiger partial charge < -0.3 is 15.0 Å². The maximum absolute atomic E-state index is 12.8. The number of carbonyl (C=O) groups is 2. The predicted octanol–water partition coefficient (Wildman–Crippen LogP) is 0.497. The first kappa shape index (κ1) is 20.3. The molecule has 8 nitrogen and oxygen atoms in total. The number of aromatic nitrogens is 1. The van der Waals surface area contributed by atoms with E-state index in [1.165, 1.54) is 17.2 Å². The van der Waals surface area contributed by atoms with Crippen LogP contribution < -0.4 is 5.32 Å². The number of nitrogens with zero attached hydrogens (tertiary/aromatic N) is 2. The third-order valence-corrected chi connectivity index (χ3v) is 6.05. The van der Waals surface area contributed by atoms with Crippen molar-refractivity contribution in [2.75, 3.05) is 38.3 Å². The molecule has 1 aliphatic rings. The molecule has 0 aliphatic carbocycles. The third kappa shape index (κ3) is 5.25. The summed E-state index contributed by atoms with van der Waals surface area (Å²) >= 11 is 0. The van der Waals surface area contributed by atoms with Crippen molar-refractivity contribution in [1.29, 1.82) is 0 Å². The molecule has 0 bridgehead atoms. The van der Waals surface area contributed by atoms with Gasteiger partial charge in [-0.3, -0.25) is 14.6 Å². The van der Waals surface area contributed by atoms with Crippen molar-refractivity contribution >= 4 is 21.7 Å². The van der Waals surface area contributed by atoms with E-state index >= 15 is 0 Å². The first-order valence-electron chi connectivity index (χ1n) is 8.62. The van der Waals surface area contributed by atoms with Crippen molar-refractivity contribution in [2.45, 2.75) is 25.8 Å². The number of rotatable bonds is 8. The zero-order valence-corrected chi connectivity index (χ0v) is 15.9. The fraction of sp³-hybridized carbons (Fsp3) is 0.588. The molecule has 1 unspecified atom stereocenters. The molecule has 1 aromatic heterocycles. The van der Waals surface area contributed by atoms with Gasteiger partial charge in [0.25, 0.3) is 11.8 Å². The van der Waals surface area contributed by atoms with Crippen LogP contribution in [-0.4, -0.2) is 74.5 Å². The van der Waals surface area contributed by atoms with Gasteiger partial charge in [-0.25, -0.2) is 8.42 Å². The summed E-state index contributed by atoms with van der Waals surface area (Å²) in [6.45, 7) is 3.21. The molecular formula is C17H25N3O5S. The largest absolute Gasteiger partial charge is 0.385 e. The highest BCUT2D eigenvalue weighted by Gasteiger charge is 2.34. The number of methoxy groups -OCH3 is 1. The molecule has 1 fully saturated rings. The summed E-state index contributed by atoms with van der Waals surface area (Å²) in [5.74, 6) is -0.571. The smallest absolute Gasteiger partial charge is 0.272 e. The van der Waals surface area contributed by atoms with Crippen molar-refractivity contribution in [3.8, 4) is 0 Å². The standard InChI is InChI=1S/C17H25N3O5S/c1-3-20(14-6-10-26(23,24)12-14)17(22)15-11-13(5-8-18-15)16(21)19-7-4-9-25-2/h5,8,11,14H,3-4,6-7,9-10,12H2,1-2H3,(H,19,21). The second-order valence-corrected chi connectivity index (χ2v) is 8.41. The van der Waals surface area contributed by atoms with E-state index in [0.717, 1.165) is 0 Å². The molecule has 2 amide bonds. The van der Waals surface area contributed by atoms with E-state index in [1.807, 2.05) is 0 Å². The monoisotopic (exact) mass is 383 g/mol. The molecule has 0 spiro atoms. The minimum atomic E-state index is -3.09. The Morgan fingerprint density at radius 1 is 1.42 bits per heavy atom. The third-order valence-electron chi connectivity index (χ3n) is 4.30. The predicted molar refractivity (Wildman–Crippen MR) is 96.8 cm³/mol. The molecule has 1 atom stereocenters. The summed E-state index contributed by atoms with van der Waals surface area (Å²) in [5, 5.41) is 2.76. The molecule has 0 saturated carbocycles. The topological polar surface area (TPSA) is 106 Å². The van der Waals surface area contributed by atoms with Gasteiger partial charge >= 0.3 is 0 Å². The molecular weight excluding hydrogens is 358 g/mol. The lowest BCUT2D eigenvalue weighted by Gasteiger charge is -2.26. The zero-order valence-electron chi connectivity index (χ0n) is 15.1. The van der Waals surface area contributed by atoms with Gasteiger partial charge in [0.05, 0.1) is 11.5 Å². The number of hydrogen-bond acceptors (Lipinski definition) is 6. The number of carbonyl (C=O) groups excluding carboxylic acids is 2.